The second kappa shape index (κ2) is 9.75. The van der Waals surface area contributed by atoms with Crippen molar-refractivity contribution in [1.82, 2.24) is 0 Å². The molecular formula is C31H32N4+2. The van der Waals surface area contributed by atoms with Crippen molar-refractivity contribution in [2.24, 2.45) is 0 Å². The van der Waals surface area contributed by atoms with Crippen molar-refractivity contribution in [3.63, 3.8) is 0 Å². The van der Waals surface area contributed by atoms with E-state index in [2.05, 4.69) is 117 Å². The average Bonchev–Trinajstić information content (AvgIpc) is 2.90. The quantitative estimate of drug-likeness (QED) is 0.292. The highest BCUT2D eigenvalue weighted by Gasteiger charge is 2.16. The Morgan fingerprint density at radius 1 is 0.514 bits per heavy atom. The molecule has 0 aliphatic carbocycles. The highest BCUT2D eigenvalue weighted by atomic mass is 15.0. The highest BCUT2D eigenvalue weighted by Crippen LogP contribution is 2.22. The van der Waals surface area contributed by atoms with E-state index in [1.54, 1.807) is 0 Å². The topological polar surface area (TPSA) is 31.8 Å². The van der Waals surface area contributed by atoms with Gasteiger partial charge < -0.3 is 10.6 Å². The maximum Gasteiger partial charge on any atom is 0.214 e. The molecule has 0 saturated heterocycles. The molecule has 0 radical (unpaired) electrons. The van der Waals surface area contributed by atoms with Gasteiger partial charge >= 0.3 is 0 Å². The van der Waals surface area contributed by atoms with Gasteiger partial charge in [-0.05, 0) is 37.5 Å². The standard InChI is InChI=1S/C31H30N4/c1-6-17-32-28-15-19-34(30-13-4-2-11-26(28)30)22-24-9-8-10-25(21-24)23-35-20-16-29(33-18-7-1)27-12-3-5-14-31(27)35/h2-5,8-16,19-21H,1,6-7,17-18,22-23H2/p+2. The van der Waals surface area contributed by atoms with Gasteiger partial charge in [0, 0.05) is 48.5 Å². The Labute approximate surface area is 206 Å². The van der Waals surface area contributed by atoms with Crippen molar-refractivity contribution in [1.29, 1.82) is 0 Å². The van der Waals surface area contributed by atoms with Crippen LogP contribution in [0.25, 0.3) is 21.8 Å². The Morgan fingerprint density at radius 2 is 1.03 bits per heavy atom. The Balaban J connectivity index is 1.41. The smallest absolute Gasteiger partial charge is 0.214 e. The van der Waals surface area contributed by atoms with Crippen LogP contribution in [0.15, 0.2) is 97.3 Å². The second-order valence-corrected chi connectivity index (χ2v) is 9.48. The maximum absolute atomic E-state index is 3.69. The van der Waals surface area contributed by atoms with Crippen LogP contribution in [0.4, 0.5) is 11.4 Å². The first-order chi connectivity index (χ1) is 17.3. The Morgan fingerprint density at radius 3 is 1.57 bits per heavy atom. The number of fused-ring (bicyclic) bond motifs is 8. The molecule has 0 fully saturated rings. The summed E-state index contributed by atoms with van der Waals surface area (Å²) in [5.74, 6) is 0. The van der Waals surface area contributed by atoms with E-state index in [-0.39, 0.29) is 0 Å². The first kappa shape index (κ1) is 21.6. The zero-order valence-electron chi connectivity index (χ0n) is 20.1. The number of para-hydroxylation sites is 2. The van der Waals surface area contributed by atoms with Crippen molar-refractivity contribution in [3.05, 3.63) is 108 Å². The largest absolute Gasteiger partial charge is 0.384 e. The van der Waals surface area contributed by atoms with Gasteiger partial charge in [-0.15, -0.1) is 0 Å². The molecular weight excluding hydrogens is 428 g/mol. The third-order valence-electron chi connectivity index (χ3n) is 7.03. The Kier molecular flexibility index (Phi) is 6.02. The van der Waals surface area contributed by atoms with Gasteiger partial charge in [0.1, 0.15) is 0 Å². The van der Waals surface area contributed by atoms with E-state index in [9.17, 15) is 0 Å². The van der Waals surface area contributed by atoms with Crippen LogP contribution in [-0.4, -0.2) is 13.1 Å². The number of hydrogen-bond acceptors (Lipinski definition) is 2. The number of anilines is 2. The van der Waals surface area contributed by atoms with Crippen molar-refractivity contribution < 1.29 is 9.13 Å². The van der Waals surface area contributed by atoms with Gasteiger partial charge in [0.15, 0.2) is 25.5 Å². The van der Waals surface area contributed by atoms with Crippen LogP contribution in [0, 0.1) is 0 Å². The van der Waals surface area contributed by atoms with E-state index in [4.69, 9.17) is 0 Å². The molecule has 4 heteroatoms. The highest BCUT2D eigenvalue weighted by molar-refractivity contribution is 5.89. The van der Waals surface area contributed by atoms with Crippen LogP contribution < -0.4 is 19.8 Å². The van der Waals surface area contributed by atoms with Crippen LogP contribution in [0.5, 0.6) is 0 Å². The van der Waals surface area contributed by atoms with Gasteiger partial charge in [-0.1, -0.05) is 42.5 Å². The van der Waals surface area contributed by atoms with Crippen molar-refractivity contribution >= 4 is 33.2 Å². The third kappa shape index (κ3) is 4.57. The molecule has 7 rings (SSSR count). The SMILES string of the molecule is c1cc2cc(c1)C[n+]1ccc(c3ccccc31)NCCCCCNc1cc[n+](c3ccccc13)C2. The van der Waals surface area contributed by atoms with E-state index in [1.807, 2.05) is 0 Å². The third-order valence-corrected chi connectivity index (χ3v) is 7.03. The van der Waals surface area contributed by atoms with Gasteiger partial charge in [-0.2, -0.15) is 9.13 Å². The van der Waals surface area contributed by atoms with Crippen molar-refractivity contribution in [3.8, 4) is 0 Å². The van der Waals surface area contributed by atoms with Crippen LogP contribution in [-0.2, 0) is 13.1 Å². The van der Waals surface area contributed by atoms with Crippen molar-refractivity contribution in [2.75, 3.05) is 23.7 Å². The predicted octanol–water partition coefficient (Wildman–Crippen LogP) is 5.67. The number of rotatable bonds is 0. The first-order valence-corrected chi connectivity index (χ1v) is 12.7. The van der Waals surface area contributed by atoms with Crippen molar-refractivity contribution in [2.45, 2.75) is 32.4 Å². The zero-order chi connectivity index (χ0) is 23.5. The van der Waals surface area contributed by atoms with Gasteiger partial charge in [0.25, 0.3) is 0 Å². The lowest BCUT2D eigenvalue weighted by molar-refractivity contribution is -0.663. The maximum atomic E-state index is 3.69. The number of nitrogens with zero attached hydrogens (tertiary/aromatic N) is 2. The molecule has 4 heterocycles. The fraction of sp³-hybridized carbons (Fsp3) is 0.226. The number of pyridine rings is 2. The molecule has 2 aliphatic rings. The monoisotopic (exact) mass is 460 g/mol. The predicted molar refractivity (Wildman–Crippen MR) is 144 cm³/mol. The average molecular weight is 461 g/mol. The van der Waals surface area contributed by atoms with Crippen LogP contribution in [0.1, 0.15) is 30.4 Å². The second-order valence-electron chi connectivity index (χ2n) is 9.48. The molecule has 0 saturated carbocycles. The Bertz CT molecular complexity index is 1380. The molecule has 0 spiro atoms. The minimum Gasteiger partial charge on any atom is -0.384 e. The van der Waals surface area contributed by atoms with Crippen LogP contribution in [0.2, 0.25) is 0 Å². The number of hydrogen-bond donors (Lipinski definition) is 2. The van der Waals surface area contributed by atoms with Gasteiger partial charge in [-0.25, -0.2) is 0 Å². The molecule has 4 nitrogen and oxygen atoms in total. The van der Waals surface area contributed by atoms with Crippen LogP contribution >= 0.6 is 0 Å². The summed E-state index contributed by atoms with van der Waals surface area (Å²) < 4.78 is 4.72. The lowest BCUT2D eigenvalue weighted by atomic mass is 10.1. The molecule has 2 N–H and O–H groups in total. The summed E-state index contributed by atoms with van der Waals surface area (Å²) in [4.78, 5) is 0. The molecule has 35 heavy (non-hydrogen) atoms. The molecule has 3 aromatic carbocycles. The van der Waals surface area contributed by atoms with E-state index in [0.29, 0.717) is 0 Å². The fourth-order valence-electron chi connectivity index (χ4n) is 5.25. The molecule has 6 bridgehead atoms. The fourth-order valence-corrected chi connectivity index (χ4v) is 5.25. The number of benzene rings is 3. The molecule has 0 amide bonds. The summed E-state index contributed by atoms with van der Waals surface area (Å²) >= 11 is 0. The molecule has 2 aromatic heterocycles. The van der Waals surface area contributed by atoms with E-state index in [0.717, 1.165) is 39.0 Å². The summed E-state index contributed by atoms with van der Waals surface area (Å²) in [5.41, 5.74) is 7.60. The molecule has 5 aromatic rings. The number of aromatic nitrogens is 2. The Hall–Kier alpha value is -3.92. The molecule has 0 atom stereocenters. The van der Waals surface area contributed by atoms with E-state index < -0.39 is 0 Å². The first-order valence-electron chi connectivity index (χ1n) is 12.7. The molecule has 174 valence electrons. The lowest BCUT2D eigenvalue weighted by Gasteiger charge is -2.12. The molecule has 0 unspecified atom stereocenters. The molecule has 2 aliphatic heterocycles. The lowest BCUT2D eigenvalue weighted by Crippen LogP contribution is -2.36. The van der Waals surface area contributed by atoms with Gasteiger partial charge in [-0.3, -0.25) is 0 Å². The summed E-state index contributed by atoms with van der Waals surface area (Å²) in [6.45, 7) is 3.68. The minimum absolute atomic E-state index is 0.850. The summed E-state index contributed by atoms with van der Waals surface area (Å²) in [7, 11) is 0. The van der Waals surface area contributed by atoms with Crippen LogP contribution in [0.3, 0.4) is 0 Å². The number of nitrogens with one attached hydrogen (secondary N) is 2. The normalized spacial score (nSPS) is 14.5. The van der Waals surface area contributed by atoms with E-state index in [1.165, 1.54) is 50.7 Å². The zero-order valence-corrected chi connectivity index (χ0v) is 20.1. The van der Waals surface area contributed by atoms with Gasteiger partial charge in [0.05, 0.1) is 22.1 Å². The minimum atomic E-state index is 0.850. The summed E-state index contributed by atoms with van der Waals surface area (Å²) in [6, 6.07) is 30.9. The van der Waals surface area contributed by atoms with E-state index >= 15 is 0 Å². The summed E-state index contributed by atoms with van der Waals surface area (Å²) in [5, 5.41) is 9.95. The van der Waals surface area contributed by atoms with Gasteiger partial charge in [0.2, 0.25) is 11.0 Å². The summed E-state index contributed by atoms with van der Waals surface area (Å²) in [6.07, 6.45) is 7.96.